The minimum atomic E-state index is -0.934. The summed E-state index contributed by atoms with van der Waals surface area (Å²) in [6.07, 6.45) is 0. The number of dihydropyridines is 1. The first-order chi connectivity index (χ1) is 14.2. The molecule has 162 valence electrons. The largest absolute Gasteiger partial charge is 0.466 e. The van der Waals surface area contributed by atoms with Crippen molar-refractivity contribution in [3.8, 4) is 0 Å². The standard InChI is InChI=1S/C20H22Cl2N2O6/c1-4-30-20(27)17-13(8-29-9-14(23)25)24-10(2)15(19(26)28-3)16(17)11-6-5-7-12(21)18(11)22/h5-7,16,24H,4,8-9H2,1-3H3,(H2,23,25). The molecule has 1 amide bonds. The van der Waals surface area contributed by atoms with Crippen molar-refractivity contribution >= 4 is 41.0 Å². The number of ether oxygens (including phenoxy) is 3. The lowest BCUT2D eigenvalue weighted by Gasteiger charge is -2.31. The highest BCUT2D eigenvalue weighted by Gasteiger charge is 2.40. The van der Waals surface area contributed by atoms with Crippen molar-refractivity contribution in [1.82, 2.24) is 5.32 Å². The lowest BCUT2D eigenvalue weighted by molar-refractivity contribution is -0.139. The summed E-state index contributed by atoms with van der Waals surface area (Å²) >= 11 is 12.6. The Bertz CT molecular complexity index is 926. The second kappa shape index (κ2) is 10.5. The number of hydrogen-bond acceptors (Lipinski definition) is 7. The molecule has 10 heteroatoms. The summed E-state index contributed by atoms with van der Waals surface area (Å²) in [6.45, 7) is 2.90. The van der Waals surface area contributed by atoms with Crippen LogP contribution in [0.4, 0.5) is 0 Å². The van der Waals surface area contributed by atoms with Crippen LogP contribution in [0.15, 0.2) is 40.7 Å². The van der Waals surface area contributed by atoms with Crippen molar-refractivity contribution in [3.05, 3.63) is 56.3 Å². The summed E-state index contributed by atoms with van der Waals surface area (Å²) < 4.78 is 15.5. The van der Waals surface area contributed by atoms with Crippen LogP contribution in [0.2, 0.25) is 10.0 Å². The highest BCUT2D eigenvalue weighted by atomic mass is 35.5. The van der Waals surface area contributed by atoms with Gasteiger partial charge >= 0.3 is 11.9 Å². The molecule has 0 bridgehead atoms. The van der Waals surface area contributed by atoms with Crippen molar-refractivity contribution in [2.45, 2.75) is 19.8 Å². The highest BCUT2D eigenvalue weighted by molar-refractivity contribution is 6.42. The van der Waals surface area contributed by atoms with E-state index in [0.717, 1.165) is 0 Å². The molecule has 3 N–H and O–H groups in total. The Labute approximate surface area is 183 Å². The Morgan fingerprint density at radius 1 is 1.17 bits per heavy atom. The molecule has 1 atom stereocenters. The predicted molar refractivity (Wildman–Crippen MR) is 111 cm³/mol. The van der Waals surface area contributed by atoms with Crippen LogP contribution in [0.25, 0.3) is 0 Å². The van der Waals surface area contributed by atoms with Gasteiger partial charge in [0.05, 0.1) is 53.1 Å². The maximum Gasteiger partial charge on any atom is 0.336 e. The number of nitrogens with one attached hydrogen (secondary N) is 1. The number of hydrogen-bond donors (Lipinski definition) is 2. The monoisotopic (exact) mass is 456 g/mol. The smallest absolute Gasteiger partial charge is 0.336 e. The van der Waals surface area contributed by atoms with Crippen LogP contribution >= 0.6 is 23.2 Å². The Balaban J connectivity index is 2.71. The van der Waals surface area contributed by atoms with E-state index in [2.05, 4.69) is 5.32 Å². The maximum atomic E-state index is 12.9. The number of allylic oxidation sites excluding steroid dienone is 1. The number of carbonyl (C=O) groups excluding carboxylic acids is 3. The summed E-state index contributed by atoms with van der Waals surface area (Å²) in [6, 6.07) is 4.90. The summed E-state index contributed by atoms with van der Waals surface area (Å²) in [5.41, 5.74) is 6.53. The van der Waals surface area contributed by atoms with Crippen LogP contribution in [0.1, 0.15) is 25.3 Å². The van der Waals surface area contributed by atoms with Gasteiger partial charge in [0.1, 0.15) is 6.61 Å². The molecule has 0 aromatic heterocycles. The van der Waals surface area contributed by atoms with Crippen LogP contribution in [-0.4, -0.2) is 44.8 Å². The van der Waals surface area contributed by atoms with E-state index in [4.69, 9.17) is 43.1 Å². The number of carbonyl (C=O) groups is 3. The molecular weight excluding hydrogens is 435 g/mol. The molecule has 1 aliphatic rings. The van der Waals surface area contributed by atoms with Gasteiger partial charge in [0.25, 0.3) is 0 Å². The summed E-state index contributed by atoms with van der Waals surface area (Å²) in [4.78, 5) is 36.6. The van der Waals surface area contributed by atoms with Crippen LogP contribution in [0.3, 0.4) is 0 Å². The summed E-state index contributed by atoms with van der Waals surface area (Å²) in [5, 5.41) is 3.42. The molecule has 1 aromatic rings. The maximum absolute atomic E-state index is 12.9. The first-order valence-electron chi connectivity index (χ1n) is 8.99. The normalized spacial score (nSPS) is 16.2. The van der Waals surface area contributed by atoms with Gasteiger partial charge < -0.3 is 25.3 Å². The van der Waals surface area contributed by atoms with E-state index >= 15 is 0 Å². The average molecular weight is 457 g/mol. The lowest BCUT2D eigenvalue weighted by Crippen LogP contribution is -2.35. The van der Waals surface area contributed by atoms with Gasteiger partial charge in [-0.2, -0.15) is 0 Å². The first kappa shape index (κ1) is 23.7. The Hall–Kier alpha value is -2.55. The van der Waals surface area contributed by atoms with Crippen LogP contribution in [0.5, 0.6) is 0 Å². The zero-order chi connectivity index (χ0) is 22.4. The Kier molecular flexibility index (Phi) is 8.28. The molecule has 0 spiro atoms. The second-order valence-corrected chi connectivity index (χ2v) is 7.09. The third kappa shape index (κ3) is 5.13. The van der Waals surface area contributed by atoms with Gasteiger partial charge in [-0.15, -0.1) is 0 Å². The van der Waals surface area contributed by atoms with E-state index in [0.29, 0.717) is 17.0 Å². The fourth-order valence-corrected chi connectivity index (χ4v) is 3.57. The number of rotatable bonds is 8. The molecule has 1 aromatic carbocycles. The van der Waals surface area contributed by atoms with E-state index in [1.807, 2.05) is 0 Å². The molecule has 1 unspecified atom stereocenters. The topological polar surface area (TPSA) is 117 Å². The van der Waals surface area contributed by atoms with E-state index < -0.39 is 23.8 Å². The number of esters is 2. The number of nitrogens with two attached hydrogens (primary N) is 1. The fraction of sp³-hybridized carbons (Fsp3) is 0.350. The summed E-state index contributed by atoms with van der Waals surface area (Å²) in [5.74, 6) is -2.94. The van der Waals surface area contributed by atoms with Gasteiger partial charge in [0, 0.05) is 5.70 Å². The van der Waals surface area contributed by atoms with Crippen LogP contribution in [0, 0.1) is 0 Å². The third-order valence-corrected chi connectivity index (χ3v) is 5.16. The molecule has 2 rings (SSSR count). The average Bonchev–Trinajstić information content (AvgIpc) is 2.69. The minimum Gasteiger partial charge on any atom is -0.466 e. The zero-order valence-corrected chi connectivity index (χ0v) is 18.2. The van der Waals surface area contributed by atoms with E-state index in [-0.39, 0.29) is 41.0 Å². The van der Waals surface area contributed by atoms with Gasteiger partial charge in [0.2, 0.25) is 5.91 Å². The SMILES string of the molecule is CCOC(=O)C1=C(COCC(N)=O)NC(C)=C(C(=O)OC)C1c1cccc(Cl)c1Cl. The number of halogens is 2. The molecule has 8 nitrogen and oxygen atoms in total. The Morgan fingerprint density at radius 3 is 2.47 bits per heavy atom. The molecule has 0 aliphatic carbocycles. The fourth-order valence-electron chi connectivity index (χ4n) is 3.15. The second-order valence-electron chi connectivity index (χ2n) is 6.30. The minimum absolute atomic E-state index is 0.0940. The highest BCUT2D eigenvalue weighted by Crippen LogP contribution is 2.43. The van der Waals surface area contributed by atoms with Gasteiger partial charge in [-0.05, 0) is 25.5 Å². The lowest BCUT2D eigenvalue weighted by atomic mass is 9.80. The predicted octanol–water partition coefficient (Wildman–Crippen LogP) is 2.45. The van der Waals surface area contributed by atoms with Crippen LogP contribution in [-0.2, 0) is 28.6 Å². The van der Waals surface area contributed by atoms with E-state index in [9.17, 15) is 14.4 Å². The molecule has 0 fully saturated rings. The van der Waals surface area contributed by atoms with Gasteiger partial charge in [-0.3, -0.25) is 4.79 Å². The number of benzene rings is 1. The van der Waals surface area contributed by atoms with Crippen molar-refractivity contribution in [3.63, 3.8) is 0 Å². The van der Waals surface area contributed by atoms with Gasteiger partial charge in [-0.25, -0.2) is 9.59 Å². The zero-order valence-electron chi connectivity index (χ0n) is 16.7. The van der Waals surface area contributed by atoms with Crippen molar-refractivity contribution < 1.29 is 28.6 Å². The summed E-state index contributed by atoms with van der Waals surface area (Å²) in [7, 11) is 1.23. The first-order valence-corrected chi connectivity index (χ1v) is 9.74. The quantitative estimate of drug-likeness (QED) is 0.576. The molecule has 0 saturated carbocycles. The molecule has 0 radical (unpaired) electrons. The number of primary amides is 1. The number of methoxy groups -OCH3 is 1. The van der Waals surface area contributed by atoms with E-state index in [1.165, 1.54) is 7.11 Å². The van der Waals surface area contributed by atoms with Crippen molar-refractivity contribution in [1.29, 1.82) is 0 Å². The van der Waals surface area contributed by atoms with E-state index in [1.54, 1.807) is 32.0 Å². The third-order valence-electron chi connectivity index (χ3n) is 4.33. The van der Waals surface area contributed by atoms with Gasteiger partial charge in [0.15, 0.2) is 0 Å². The van der Waals surface area contributed by atoms with Crippen LogP contribution < -0.4 is 11.1 Å². The Morgan fingerprint density at radius 2 is 1.87 bits per heavy atom. The molecular formula is C20H22Cl2N2O6. The van der Waals surface area contributed by atoms with Gasteiger partial charge in [-0.1, -0.05) is 35.3 Å². The van der Waals surface area contributed by atoms with Crippen molar-refractivity contribution in [2.75, 3.05) is 26.9 Å². The molecule has 1 heterocycles. The number of amides is 1. The molecule has 30 heavy (non-hydrogen) atoms. The molecule has 1 aliphatic heterocycles. The molecule has 0 saturated heterocycles. The van der Waals surface area contributed by atoms with Crippen molar-refractivity contribution in [2.24, 2.45) is 5.73 Å².